The van der Waals surface area contributed by atoms with Gasteiger partial charge in [-0.3, -0.25) is 9.48 Å². The highest BCUT2D eigenvalue weighted by Gasteiger charge is 2.30. The number of benzene rings is 1. The number of amides is 1. The van der Waals surface area contributed by atoms with Crippen molar-refractivity contribution >= 4 is 23.2 Å². The molecule has 1 aromatic heterocycles. The number of aromatic nitrogens is 2. The lowest BCUT2D eigenvalue weighted by molar-refractivity contribution is -0.137. The van der Waals surface area contributed by atoms with Gasteiger partial charge in [-0.05, 0) is 38.1 Å². The quantitative estimate of drug-likeness (QED) is 0.929. The minimum Gasteiger partial charge on any atom is -0.324 e. The summed E-state index contributed by atoms with van der Waals surface area (Å²) in [4.78, 5) is 11.9. The van der Waals surface area contributed by atoms with Gasteiger partial charge in [-0.2, -0.15) is 18.3 Å². The summed E-state index contributed by atoms with van der Waals surface area (Å²) in [5.41, 5.74) is 0.782. The van der Waals surface area contributed by atoms with Gasteiger partial charge < -0.3 is 5.32 Å². The van der Waals surface area contributed by atoms with E-state index in [1.54, 1.807) is 13.8 Å². The molecular formula is C14H13ClF3N3O. The van der Waals surface area contributed by atoms with Crippen LogP contribution in [0.4, 0.5) is 18.9 Å². The first kappa shape index (κ1) is 16.4. The van der Waals surface area contributed by atoms with Crippen molar-refractivity contribution in [3.63, 3.8) is 0 Å². The standard InChI is InChI=1S/C14H13ClF3N3O/c1-8-13(15)9(2)21(20-8)7-12(22)19-11-5-3-10(4-6-11)14(16,17)18/h3-6H,7H2,1-2H3,(H,19,22). The molecule has 0 atom stereocenters. The molecule has 0 aliphatic heterocycles. The van der Waals surface area contributed by atoms with Gasteiger partial charge in [0, 0.05) is 5.69 Å². The first-order valence-electron chi connectivity index (χ1n) is 6.35. The fourth-order valence-corrected chi connectivity index (χ4v) is 2.04. The molecule has 1 amide bonds. The van der Waals surface area contributed by atoms with E-state index in [0.717, 1.165) is 12.1 Å². The average molecular weight is 332 g/mol. The highest BCUT2D eigenvalue weighted by atomic mass is 35.5. The van der Waals surface area contributed by atoms with Crippen molar-refractivity contribution in [3.05, 3.63) is 46.2 Å². The Morgan fingerprint density at radius 1 is 1.27 bits per heavy atom. The van der Waals surface area contributed by atoms with Crippen LogP contribution in [-0.4, -0.2) is 15.7 Å². The first-order valence-corrected chi connectivity index (χ1v) is 6.73. The van der Waals surface area contributed by atoms with Crippen LogP contribution in [0, 0.1) is 13.8 Å². The molecule has 1 N–H and O–H groups in total. The zero-order valence-corrected chi connectivity index (χ0v) is 12.6. The van der Waals surface area contributed by atoms with Gasteiger partial charge in [-0.25, -0.2) is 0 Å². The first-order chi connectivity index (χ1) is 10.2. The van der Waals surface area contributed by atoms with Crippen LogP contribution in [0.5, 0.6) is 0 Å². The third-order valence-electron chi connectivity index (χ3n) is 3.08. The number of anilines is 1. The molecule has 0 fully saturated rings. The number of aryl methyl sites for hydroxylation is 1. The molecule has 22 heavy (non-hydrogen) atoms. The number of carbonyl (C=O) groups is 1. The summed E-state index contributed by atoms with van der Waals surface area (Å²) in [6.45, 7) is 3.38. The Labute approximate surface area is 129 Å². The summed E-state index contributed by atoms with van der Waals surface area (Å²) in [6, 6.07) is 4.23. The Bertz CT molecular complexity index is 693. The SMILES string of the molecule is Cc1nn(CC(=O)Nc2ccc(C(F)(F)F)cc2)c(C)c1Cl. The van der Waals surface area contributed by atoms with E-state index in [2.05, 4.69) is 10.4 Å². The number of nitrogens with one attached hydrogen (secondary N) is 1. The molecule has 0 aliphatic carbocycles. The number of halogens is 4. The topological polar surface area (TPSA) is 46.9 Å². The maximum absolute atomic E-state index is 12.4. The molecule has 1 aromatic carbocycles. The third-order valence-corrected chi connectivity index (χ3v) is 3.63. The van der Waals surface area contributed by atoms with Crippen LogP contribution < -0.4 is 5.32 Å². The summed E-state index contributed by atoms with van der Waals surface area (Å²) in [7, 11) is 0. The highest BCUT2D eigenvalue weighted by molar-refractivity contribution is 6.31. The molecule has 2 rings (SSSR count). The normalized spacial score (nSPS) is 11.5. The predicted octanol–water partition coefficient (Wildman–Crippen LogP) is 3.81. The van der Waals surface area contributed by atoms with Crippen LogP contribution >= 0.6 is 11.6 Å². The second-order valence-electron chi connectivity index (χ2n) is 4.77. The van der Waals surface area contributed by atoms with Crippen molar-refractivity contribution in [2.24, 2.45) is 0 Å². The van der Waals surface area contributed by atoms with Crippen molar-refractivity contribution in [1.82, 2.24) is 9.78 Å². The van der Waals surface area contributed by atoms with Crippen molar-refractivity contribution in [2.75, 3.05) is 5.32 Å². The van der Waals surface area contributed by atoms with Gasteiger partial charge in [-0.1, -0.05) is 11.6 Å². The van der Waals surface area contributed by atoms with Crippen molar-refractivity contribution in [2.45, 2.75) is 26.6 Å². The number of hydrogen-bond donors (Lipinski definition) is 1. The Morgan fingerprint density at radius 2 is 1.86 bits per heavy atom. The lowest BCUT2D eigenvalue weighted by Gasteiger charge is -2.09. The molecule has 8 heteroatoms. The van der Waals surface area contributed by atoms with E-state index < -0.39 is 17.6 Å². The summed E-state index contributed by atoms with van der Waals surface area (Å²) in [5, 5.41) is 7.12. The summed E-state index contributed by atoms with van der Waals surface area (Å²) in [6.07, 6.45) is -4.40. The zero-order chi connectivity index (χ0) is 16.5. The molecule has 0 saturated heterocycles. The van der Waals surface area contributed by atoms with Gasteiger partial charge in [0.1, 0.15) is 6.54 Å². The number of carbonyl (C=O) groups excluding carboxylic acids is 1. The second kappa shape index (κ2) is 6.00. The zero-order valence-electron chi connectivity index (χ0n) is 11.8. The van der Waals surface area contributed by atoms with E-state index in [-0.39, 0.29) is 12.2 Å². The van der Waals surface area contributed by atoms with Crippen molar-refractivity contribution in [3.8, 4) is 0 Å². The smallest absolute Gasteiger partial charge is 0.324 e. The molecule has 0 aliphatic rings. The van der Waals surface area contributed by atoms with Crippen LogP contribution in [-0.2, 0) is 17.5 Å². The molecule has 0 bridgehead atoms. The van der Waals surface area contributed by atoms with Gasteiger partial charge in [0.25, 0.3) is 0 Å². The highest BCUT2D eigenvalue weighted by Crippen LogP contribution is 2.29. The summed E-state index contributed by atoms with van der Waals surface area (Å²) < 4.78 is 38.8. The third kappa shape index (κ3) is 3.59. The number of nitrogens with zero attached hydrogens (tertiary/aromatic N) is 2. The molecule has 1 heterocycles. The van der Waals surface area contributed by atoms with Gasteiger partial charge in [0.05, 0.1) is 22.0 Å². The predicted molar refractivity (Wildman–Crippen MR) is 76.8 cm³/mol. The van der Waals surface area contributed by atoms with E-state index in [9.17, 15) is 18.0 Å². The number of rotatable bonds is 3. The monoisotopic (exact) mass is 331 g/mol. The van der Waals surface area contributed by atoms with Gasteiger partial charge >= 0.3 is 6.18 Å². The van der Waals surface area contributed by atoms with Gasteiger partial charge in [0.2, 0.25) is 5.91 Å². The number of alkyl halides is 3. The molecule has 0 radical (unpaired) electrons. The molecule has 0 unspecified atom stereocenters. The van der Waals surface area contributed by atoms with E-state index >= 15 is 0 Å². The lowest BCUT2D eigenvalue weighted by Crippen LogP contribution is -2.20. The lowest BCUT2D eigenvalue weighted by atomic mass is 10.2. The van der Waals surface area contributed by atoms with E-state index in [4.69, 9.17) is 11.6 Å². The van der Waals surface area contributed by atoms with E-state index in [0.29, 0.717) is 16.4 Å². The van der Waals surface area contributed by atoms with Gasteiger partial charge in [0.15, 0.2) is 0 Å². The maximum atomic E-state index is 12.4. The summed E-state index contributed by atoms with van der Waals surface area (Å²) >= 11 is 5.98. The van der Waals surface area contributed by atoms with Crippen molar-refractivity contribution in [1.29, 1.82) is 0 Å². The Morgan fingerprint density at radius 3 is 2.32 bits per heavy atom. The average Bonchev–Trinajstić information content (AvgIpc) is 2.66. The van der Waals surface area contributed by atoms with E-state index in [1.807, 2.05) is 0 Å². The summed E-state index contributed by atoms with van der Waals surface area (Å²) in [5.74, 6) is -0.401. The Kier molecular flexibility index (Phi) is 4.46. The fourth-order valence-electron chi connectivity index (χ4n) is 1.91. The largest absolute Gasteiger partial charge is 0.416 e. The van der Waals surface area contributed by atoms with Crippen LogP contribution in [0.2, 0.25) is 5.02 Å². The van der Waals surface area contributed by atoms with Crippen LogP contribution in [0.3, 0.4) is 0 Å². The number of hydrogen-bond acceptors (Lipinski definition) is 2. The van der Waals surface area contributed by atoms with Gasteiger partial charge in [-0.15, -0.1) is 0 Å². The molecule has 0 saturated carbocycles. The maximum Gasteiger partial charge on any atom is 0.416 e. The van der Waals surface area contributed by atoms with Crippen molar-refractivity contribution < 1.29 is 18.0 Å². The van der Waals surface area contributed by atoms with E-state index in [1.165, 1.54) is 16.8 Å². The molecule has 0 spiro atoms. The Balaban J connectivity index is 2.04. The fraction of sp³-hybridized carbons (Fsp3) is 0.286. The minimum absolute atomic E-state index is 0.0690. The molecule has 2 aromatic rings. The van der Waals surface area contributed by atoms with Crippen LogP contribution in [0.25, 0.3) is 0 Å². The Hall–Kier alpha value is -2.02. The molecule has 118 valence electrons. The molecule has 4 nitrogen and oxygen atoms in total. The van der Waals surface area contributed by atoms with Crippen LogP contribution in [0.1, 0.15) is 17.0 Å². The minimum atomic E-state index is -4.40. The molecular weight excluding hydrogens is 319 g/mol. The van der Waals surface area contributed by atoms with Crippen LogP contribution in [0.15, 0.2) is 24.3 Å². The second-order valence-corrected chi connectivity index (χ2v) is 5.14.